The second kappa shape index (κ2) is 8.56. The summed E-state index contributed by atoms with van der Waals surface area (Å²) >= 11 is 0. The van der Waals surface area contributed by atoms with Gasteiger partial charge in [0.25, 0.3) is 0 Å². The molecule has 0 rings (SSSR count). The van der Waals surface area contributed by atoms with E-state index in [-0.39, 0.29) is 0 Å². The summed E-state index contributed by atoms with van der Waals surface area (Å²) in [4.78, 5) is 10.1. The Labute approximate surface area is 87.8 Å². The summed E-state index contributed by atoms with van der Waals surface area (Å²) in [5, 5.41) is 8.33. The predicted octanol–water partition coefficient (Wildman–Crippen LogP) is -1.13. The summed E-state index contributed by atoms with van der Waals surface area (Å²) < 4.78 is 31.6. The van der Waals surface area contributed by atoms with Crippen LogP contribution in [-0.4, -0.2) is 41.2 Å². The molecule has 0 aromatic carbocycles. The van der Waals surface area contributed by atoms with Crippen molar-refractivity contribution in [1.29, 1.82) is 0 Å². The van der Waals surface area contributed by atoms with Gasteiger partial charge in [0.1, 0.15) is 6.04 Å². The van der Waals surface area contributed by atoms with Crippen LogP contribution in [0.5, 0.6) is 0 Å². The quantitative estimate of drug-likeness (QED) is 0.299. The minimum absolute atomic E-state index is 0.520. The molecule has 7 N–H and O–H groups in total. The zero-order chi connectivity index (χ0) is 12.5. The van der Waals surface area contributed by atoms with Crippen molar-refractivity contribution >= 4 is 16.4 Å². The lowest BCUT2D eigenvalue weighted by Gasteiger charge is -2.03. The van der Waals surface area contributed by atoms with E-state index in [1.807, 2.05) is 0 Å². The maximum Gasteiger partial charge on any atom is 0.394 e. The molecule has 0 unspecified atom stereocenters. The third-order valence-electron chi connectivity index (χ3n) is 1.29. The van der Waals surface area contributed by atoms with Gasteiger partial charge in [0.05, 0.1) is 0 Å². The minimum Gasteiger partial charge on any atom is -0.480 e. The smallest absolute Gasteiger partial charge is 0.394 e. The molecule has 0 aliphatic carbocycles. The van der Waals surface area contributed by atoms with Gasteiger partial charge < -0.3 is 16.6 Å². The Kier molecular flexibility index (Phi) is 9.52. The van der Waals surface area contributed by atoms with Crippen molar-refractivity contribution in [2.24, 2.45) is 11.5 Å². The molecule has 0 aromatic heterocycles. The van der Waals surface area contributed by atoms with E-state index in [1.54, 1.807) is 0 Å². The van der Waals surface area contributed by atoms with Gasteiger partial charge in [0.2, 0.25) is 0 Å². The Hall–Kier alpha value is -0.740. The molecular weight excluding hydrogens is 228 g/mol. The van der Waals surface area contributed by atoms with E-state index < -0.39 is 22.4 Å². The van der Waals surface area contributed by atoms with Crippen molar-refractivity contribution in [1.82, 2.24) is 0 Å². The lowest BCUT2D eigenvalue weighted by Crippen LogP contribution is -2.29. The first-order valence-corrected chi connectivity index (χ1v) is 5.46. The van der Waals surface area contributed by atoms with E-state index in [0.29, 0.717) is 13.0 Å². The SMILES string of the molecule is NCCCC[C@H](N)C(=O)O.O=S(=O)(O)O. The molecule has 0 aliphatic rings. The number of hydrogen-bond donors (Lipinski definition) is 5. The van der Waals surface area contributed by atoms with Crippen LogP contribution in [0.15, 0.2) is 0 Å². The summed E-state index contributed by atoms with van der Waals surface area (Å²) in [6.45, 7) is 0.604. The molecule has 0 spiro atoms. The highest BCUT2D eigenvalue weighted by molar-refractivity contribution is 7.79. The number of rotatable bonds is 5. The average molecular weight is 244 g/mol. The van der Waals surface area contributed by atoms with E-state index in [9.17, 15) is 4.79 Å². The van der Waals surface area contributed by atoms with Gasteiger partial charge in [-0.25, -0.2) is 0 Å². The molecule has 0 saturated heterocycles. The Balaban J connectivity index is 0. The lowest BCUT2D eigenvalue weighted by atomic mass is 10.1. The first-order chi connectivity index (χ1) is 6.68. The van der Waals surface area contributed by atoms with Crippen LogP contribution in [0.2, 0.25) is 0 Å². The van der Waals surface area contributed by atoms with Crippen LogP contribution >= 0.6 is 0 Å². The molecule has 0 saturated carbocycles. The molecule has 9 heteroatoms. The standard InChI is InChI=1S/C6H14N2O2.H2O4S/c7-4-2-1-3-5(8)6(9)10;1-5(2,3)4/h5H,1-4,7-8H2,(H,9,10);(H2,1,2,3,4)/t5-;/m0./s1. The van der Waals surface area contributed by atoms with Crippen LogP contribution in [0.3, 0.4) is 0 Å². The first kappa shape index (κ1) is 16.7. The fraction of sp³-hybridized carbons (Fsp3) is 0.833. The minimum atomic E-state index is -4.67. The van der Waals surface area contributed by atoms with Crippen LogP contribution in [0.1, 0.15) is 19.3 Å². The number of unbranched alkanes of at least 4 members (excludes halogenated alkanes) is 1. The van der Waals surface area contributed by atoms with Crippen LogP contribution in [0.25, 0.3) is 0 Å². The third-order valence-corrected chi connectivity index (χ3v) is 1.29. The van der Waals surface area contributed by atoms with Crippen LogP contribution in [0.4, 0.5) is 0 Å². The Morgan fingerprint density at radius 1 is 1.27 bits per heavy atom. The summed E-state index contributed by atoms with van der Waals surface area (Å²) in [7, 11) is -4.67. The molecule has 0 fully saturated rings. The fourth-order valence-electron chi connectivity index (χ4n) is 0.632. The number of carbonyl (C=O) groups is 1. The summed E-state index contributed by atoms with van der Waals surface area (Å²) in [6, 6.07) is -0.716. The molecule has 0 amide bonds. The number of aliphatic carboxylic acids is 1. The van der Waals surface area contributed by atoms with Crippen molar-refractivity contribution in [3.63, 3.8) is 0 Å². The van der Waals surface area contributed by atoms with Crippen molar-refractivity contribution in [3.8, 4) is 0 Å². The largest absolute Gasteiger partial charge is 0.480 e. The molecule has 15 heavy (non-hydrogen) atoms. The molecule has 0 bridgehead atoms. The monoisotopic (exact) mass is 244 g/mol. The number of hydrogen-bond acceptors (Lipinski definition) is 5. The fourth-order valence-corrected chi connectivity index (χ4v) is 0.632. The maximum absolute atomic E-state index is 10.1. The van der Waals surface area contributed by atoms with Gasteiger partial charge in [0, 0.05) is 0 Å². The zero-order valence-electron chi connectivity index (χ0n) is 8.04. The highest BCUT2D eigenvalue weighted by Gasteiger charge is 2.09. The topological polar surface area (TPSA) is 164 Å². The van der Waals surface area contributed by atoms with Gasteiger partial charge in [-0.05, 0) is 19.4 Å². The van der Waals surface area contributed by atoms with E-state index in [1.165, 1.54) is 0 Å². The van der Waals surface area contributed by atoms with Gasteiger partial charge in [-0.2, -0.15) is 8.42 Å². The molecule has 0 aliphatic heterocycles. The second-order valence-electron chi connectivity index (χ2n) is 2.68. The second-order valence-corrected chi connectivity index (χ2v) is 3.57. The lowest BCUT2D eigenvalue weighted by molar-refractivity contribution is -0.138. The Morgan fingerprint density at radius 3 is 1.93 bits per heavy atom. The van der Waals surface area contributed by atoms with E-state index in [0.717, 1.165) is 12.8 Å². The van der Waals surface area contributed by atoms with Crippen molar-refractivity contribution in [2.75, 3.05) is 6.54 Å². The molecule has 0 radical (unpaired) electrons. The van der Waals surface area contributed by atoms with Crippen molar-refractivity contribution in [2.45, 2.75) is 25.3 Å². The molecule has 0 heterocycles. The zero-order valence-corrected chi connectivity index (χ0v) is 8.85. The summed E-state index contributed by atoms with van der Waals surface area (Å²) in [5.41, 5.74) is 10.4. The Bertz CT molecular complexity index is 257. The van der Waals surface area contributed by atoms with Crippen LogP contribution < -0.4 is 11.5 Å². The van der Waals surface area contributed by atoms with Crippen LogP contribution in [0, 0.1) is 0 Å². The highest BCUT2D eigenvalue weighted by atomic mass is 32.3. The molecule has 8 nitrogen and oxygen atoms in total. The van der Waals surface area contributed by atoms with Crippen molar-refractivity contribution in [3.05, 3.63) is 0 Å². The summed E-state index contributed by atoms with van der Waals surface area (Å²) in [6.07, 6.45) is 2.16. The molecule has 92 valence electrons. The predicted molar refractivity (Wildman–Crippen MR) is 52.7 cm³/mol. The van der Waals surface area contributed by atoms with E-state index in [4.69, 9.17) is 34.1 Å². The van der Waals surface area contributed by atoms with Crippen LogP contribution in [-0.2, 0) is 15.2 Å². The van der Waals surface area contributed by atoms with Gasteiger partial charge >= 0.3 is 16.4 Å². The number of carboxylic acid groups (broad SMARTS) is 1. The van der Waals surface area contributed by atoms with Gasteiger partial charge in [-0.15, -0.1) is 0 Å². The Morgan fingerprint density at radius 2 is 1.67 bits per heavy atom. The van der Waals surface area contributed by atoms with E-state index >= 15 is 0 Å². The number of carboxylic acids is 1. The average Bonchev–Trinajstić information content (AvgIpc) is 2.01. The molecule has 0 aromatic rings. The molecule has 1 atom stereocenters. The van der Waals surface area contributed by atoms with Gasteiger partial charge in [-0.3, -0.25) is 13.9 Å². The normalized spacial score (nSPS) is 12.5. The first-order valence-electron chi connectivity index (χ1n) is 4.06. The highest BCUT2D eigenvalue weighted by Crippen LogP contribution is 1.96. The maximum atomic E-state index is 10.1. The van der Waals surface area contributed by atoms with Crippen molar-refractivity contribution < 1.29 is 27.4 Å². The van der Waals surface area contributed by atoms with Gasteiger partial charge in [-0.1, -0.05) is 6.42 Å². The number of nitrogens with two attached hydrogens (primary N) is 2. The molecular formula is C6H16N2O6S. The van der Waals surface area contributed by atoms with Gasteiger partial charge in [0.15, 0.2) is 0 Å². The summed E-state index contributed by atoms with van der Waals surface area (Å²) in [5.74, 6) is -0.933. The van der Waals surface area contributed by atoms with E-state index in [2.05, 4.69) is 0 Å². The third kappa shape index (κ3) is 24.6.